The van der Waals surface area contributed by atoms with Gasteiger partial charge in [0.05, 0.1) is 12.7 Å². The molecule has 92 valence electrons. The van der Waals surface area contributed by atoms with E-state index in [0.29, 0.717) is 13.0 Å². The summed E-state index contributed by atoms with van der Waals surface area (Å²) in [5.74, 6) is 0.874. The summed E-state index contributed by atoms with van der Waals surface area (Å²) >= 11 is 3.44. The standard InChI is InChI=1S/C13H17BrN2O/c1-10(16-2)12-6-5-11(14)9-13(12)17-8-4-3-7-15/h5-6,9-10,16H,3-4,8H2,1-2H3. The lowest BCUT2D eigenvalue weighted by Crippen LogP contribution is -2.14. The summed E-state index contributed by atoms with van der Waals surface area (Å²) in [5, 5.41) is 11.7. The van der Waals surface area contributed by atoms with Crippen molar-refractivity contribution in [3.63, 3.8) is 0 Å². The summed E-state index contributed by atoms with van der Waals surface area (Å²) in [4.78, 5) is 0. The van der Waals surface area contributed by atoms with E-state index in [-0.39, 0.29) is 6.04 Å². The molecular formula is C13H17BrN2O. The third kappa shape index (κ3) is 4.37. The van der Waals surface area contributed by atoms with E-state index in [1.54, 1.807) is 0 Å². The zero-order valence-corrected chi connectivity index (χ0v) is 11.8. The molecular weight excluding hydrogens is 280 g/mol. The molecule has 0 bridgehead atoms. The van der Waals surface area contributed by atoms with E-state index in [9.17, 15) is 0 Å². The minimum absolute atomic E-state index is 0.245. The molecule has 0 saturated heterocycles. The molecule has 0 heterocycles. The molecule has 1 aromatic carbocycles. The van der Waals surface area contributed by atoms with Gasteiger partial charge in [0.1, 0.15) is 5.75 Å². The van der Waals surface area contributed by atoms with Gasteiger partial charge in [-0.3, -0.25) is 0 Å². The van der Waals surface area contributed by atoms with Gasteiger partial charge in [-0.2, -0.15) is 5.26 Å². The maximum Gasteiger partial charge on any atom is 0.125 e. The van der Waals surface area contributed by atoms with E-state index in [4.69, 9.17) is 10.00 Å². The predicted octanol–water partition coefficient (Wildman–Crippen LogP) is 3.41. The van der Waals surface area contributed by atoms with Crippen LogP contribution in [0.15, 0.2) is 22.7 Å². The summed E-state index contributed by atoms with van der Waals surface area (Å²) in [7, 11) is 1.92. The number of ether oxygens (including phenoxy) is 1. The largest absolute Gasteiger partial charge is 0.493 e. The van der Waals surface area contributed by atoms with Crippen LogP contribution in [0.5, 0.6) is 5.75 Å². The van der Waals surface area contributed by atoms with Gasteiger partial charge in [-0.15, -0.1) is 0 Å². The smallest absolute Gasteiger partial charge is 0.125 e. The molecule has 0 aliphatic carbocycles. The second kappa shape index (κ2) is 7.31. The molecule has 1 unspecified atom stereocenters. The Labute approximate surface area is 111 Å². The van der Waals surface area contributed by atoms with E-state index >= 15 is 0 Å². The van der Waals surface area contributed by atoms with E-state index in [1.807, 2.05) is 25.2 Å². The Bertz CT molecular complexity index is 401. The number of nitrogens with one attached hydrogen (secondary N) is 1. The molecule has 0 aromatic heterocycles. The Kier molecular flexibility index (Phi) is 6.03. The van der Waals surface area contributed by atoms with Crippen molar-refractivity contribution >= 4 is 15.9 Å². The van der Waals surface area contributed by atoms with Crippen LogP contribution < -0.4 is 10.1 Å². The van der Waals surface area contributed by atoms with Gasteiger partial charge in [-0.25, -0.2) is 0 Å². The quantitative estimate of drug-likeness (QED) is 0.818. The molecule has 0 aliphatic rings. The van der Waals surface area contributed by atoms with Gasteiger partial charge in [0.2, 0.25) is 0 Å². The van der Waals surface area contributed by atoms with Crippen LogP contribution in [0.2, 0.25) is 0 Å². The van der Waals surface area contributed by atoms with E-state index < -0.39 is 0 Å². The van der Waals surface area contributed by atoms with Crippen molar-refractivity contribution in [3.05, 3.63) is 28.2 Å². The van der Waals surface area contributed by atoms with Gasteiger partial charge >= 0.3 is 0 Å². The Balaban J connectivity index is 2.74. The van der Waals surface area contributed by atoms with Crippen LogP contribution in [0.1, 0.15) is 31.4 Å². The number of benzene rings is 1. The van der Waals surface area contributed by atoms with Crippen molar-refractivity contribution < 1.29 is 4.74 Å². The summed E-state index contributed by atoms with van der Waals surface area (Å²) in [6.45, 7) is 2.67. The Morgan fingerprint density at radius 3 is 2.94 bits per heavy atom. The van der Waals surface area contributed by atoms with Crippen molar-refractivity contribution in [2.75, 3.05) is 13.7 Å². The third-order valence-corrected chi connectivity index (χ3v) is 3.06. The van der Waals surface area contributed by atoms with Crippen LogP contribution in [0.3, 0.4) is 0 Å². The summed E-state index contributed by atoms with van der Waals surface area (Å²) in [6.07, 6.45) is 1.29. The molecule has 3 nitrogen and oxygen atoms in total. The Morgan fingerprint density at radius 1 is 1.53 bits per heavy atom. The first-order valence-electron chi connectivity index (χ1n) is 5.65. The fourth-order valence-corrected chi connectivity index (χ4v) is 1.82. The molecule has 1 rings (SSSR count). The van der Waals surface area contributed by atoms with Crippen LogP contribution in [-0.4, -0.2) is 13.7 Å². The normalized spacial score (nSPS) is 11.9. The lowest BCUT2D eigenvalue weighted by Gasteiger charge is -2.16. The molecule has 17 heavy (non-hydrogen) atoms. The van der Waals surface area contributed by atoms with Crippen molar-refractivity contribution in [2.24, 2.45) is 0 Å². The van der Waals surface area contributed by atoms with E-state index in [0.717, 1.165) is 22.2 Å². The maximum atomic E-state index is 8.47. The van der Waals surface area contributed by atoms with Gasteiger partial charge in [0.25, 0.3) is 0 Å². The molecule has 0 spiro atoms. The lowest BCUT2D eigenvalue weighted by atomic mass is 10.1. The first-order valence-corrected chi connectivity index (χ1v) is 6.44. The highest BCUT2D eigenvalue weighted by atomic mass is 79.9. The van der Waals surface area contributed by atoms with Crippen molar-refractivity contribution in [3.8, 4) is 11.8 Å². The van der Waals surface area contributed by atoms with Crippen LogP contribution >= 0.6 is 15.9 Å². The number of hydrogen-bond donors (Lipinski definition) is 1. The zero-order valence-electron chi connectivity index (χ0n) is 10.2. The molecule has 1 atom stereocenters. The second-order valence-corrected chi connectivity index (χ2v) is 4.72. The highest BCUT2D eigenvalue weighted by molar-refractivity contribution is 9.10. The number of hydrogen-bond acceptors (Lipinski definition) is 3. The maximum absolute atomic E-state index is 8.47. The van der Waals surface area contributed by atoms with Crippen molar-refractivity contribution in [1.29, 1.82) is 5.26 Å². The minimum Gasteiger partial charge on any atom is -0.493 e. The number of nitrogens with zero attached hydrogens (tertiary/aromatic N) is 1. The average Bonchev–Trinajstić information content (AvgIpc) is 2.34. The summed E-state index contributed by atoms with van der Waals surface area (Å²) < 4.78 is 6.72. The van der Waals surface area contributed by atoms with Gasteiger partial charge in [0, 0.05) is 22.5 Å². The zero-order chi connectivity index (χ0) is 12.7. The minimum atomic E-state index is 0.245. The van der Waals surface area contributed by atoms with Gasteiger partial charge < -0.3 is 10.1 Å². The SMILES string of the molecule is CNC(C)c1ccc(Br)cc1OCCCC#N. The van der Waals surface area contributed by atoms with Crippen LogP contribution in [-0.2, 0) is 0 Å². The number of unbranched alkanes of at least 4 members (excludes halogenated alkanes) is 1. The fraction of sp³-hybridized carbons (Fsp3) is 0.462. The summed E-state index contributed by atoms with van der Waals surface area (Å²) in [6, 6.07) is 8.38. The molecule has 0 saturated carbocycles. The van der Waals surface area contributed by atoms with Crippen molar-refractivity contribution in [2.45, 2.75) is 25.8 Å². The molecule has 1 N–H and O–H groups in total. The summed E-state index contributed by atoms with van der Waals surface area (Å²) in [5.41, 5.74) is 1.13. The molecule has 0 radical (unpaired) electrons. The first-order chi connectivity index (χ1) is 8.19. The third-order valence-electron chi connectivity index (χ3n) is 2.57. The monoisotopic (exact) mass is 296 g/mol. The number of halogens is 1. The average molecular weight is 297 g/mol. The topological polar surface area (TPSA) is 45.0 Å². The molecule has 1 aromatic rings. The van der Waals surface area contributed by atoms with Gasteiger partial charge in [-0.1, -0.05) is 22.0 Å². The fourth-order valence-electron chi connectivity index (χ4n) is 1.48. The Morgan fingerprint density at radius 2 is 2.29 bits per heavy atom. The molecule has 0 aliphatic heterocycles. The number of rotatable bonds is 6. The molecule has 0 fully saturated rings. The Hall–Kier alpha value is -1.05. The highest BCUT2D eigenvalue weighted by Gasteiger charge is 2.10. The first kappa shape index (κ1) is 14.0. The highest BCUT2D eigenvalue weighted by Crippen LogP contribution is 2.28. The lowest BCUT2D eigenvalue weighted by molar-refractivity contribution is 0.306. The van der Waals surface area contributed by atoms with Crippen LogP contribution in [0.4, 0.5) is 0 Å². The van der Waals surface area contributed by atoms with E-state index in [1.165, 1.54) is 0 Å². The van der Waals surface area contributed by atoms with Crippen LogP contribution in [0, 0.1) is 11.3 Å². The van der Waals surface area contributed by atoms with Gasteiger partial charge in [0.15, 0.2) is 0 Å². The predicted molar refractivity (Wildman–Crippen MR) is 72.0 cm³/mol. The molecule has 4 heteroatoms. The number of nitriles is 1. The molecule has 0 amide bonds. The van der Waals surface area contributed by atoms with Gasteiger partial charge in [-0.05, 0) is 32.5 Å². The van der Waals surface area contributed by atoms with Crippen LogP contribution in [0.25, 0.3) is 0 Å². The van der Waals surface area contributed by atoms with Crippen molar-refractivity contribution in [1.82, 2.24) is 5.32 Å². The van der Waals surface area contributed by atoms with E-state index in [2.05, 4.69) is 34.2 Å². The second-order valence-electron chi connectivity index (χ2n) is 3.80.